The third-order valence-electron chi connectivity index (χ3n) is 1.98. The Bertz CT molecular complexity index is 328. The topological polar surface area (TPSA) is 63.3 Å². The molecular formula is C11H15NO2S. The minimum absolute atomic E-state index is 0.0966. The first-order valence-electron chi connectivity index (χ1n) is 4.80. The molecule has 0 fully saturated rings. The summed E-state index contributed by atoms with van der Waals surface area (Å²) in [5.41, 5.74) is 7.39. The molecule has 3 N–H and O–H groups in total. The standard InChI is InChI=1S/C11H15NO2S/c12-5-6-15-8-10-4-2-1-3-9(10)7-11(13)14/h1-4H,5-8,12H2,(H,13,14). The molecule has 0 aliphatic heterocycles. The van der Waals surface area contributed by atoms with Crippen LogP contribution in [0.2, 0.25) is 0 Å². The molecule has 1 rings (SSSR count). The van der Waals surface area contributed by atoms with Crippen LogP contribution in [0, 0.1) is 0 Å². The quantitative estimate of drug-likeness (QED) is 0.720. The van der Waals surface area contributed by atoms with Crippen molar-refractivity contribution in [3.05, 3.63) is 35.4 Å². The number of carboxylic acids is 1. The van der Waals surface area contributed by atoms with Crippen molar-refractivity contribution in [2.45, 2.75) is 12.2 Å². The molecule has 0 aromatic heterocycles. The Hall–Kier alpha value is -1.00. The lowest BCUT2D eigenvalue weighted by atomic mass is 10.1. The maximum absolute atomic E-state index is 10.6. The lowest BCUT2D eigenvalue weighted by Gasteiger charge is -2.06. The highest BCUT2D eigenvalue weighted by Gasteiger charge is 2.05. The molecule has 0 amide bonds. The summed E-state index contributed by atoms with van der Waals surface area (Å²) in [4.78, 5) is 10.6. The smallest absolute Gasteiger partial charge is 0.307 e. The molecule has 0 spiro atoms. The van der Waals surface area contributed by atoms with Crippen molar-refractivity contribution in [1.82, 2.24) is 0 Å². The molecule has 1 aromatic carbocycles. The highest BCUT2D eigenvalue weighted by molar-refractivity contribution is 7.98. The zero-order valence-electron chi connectivity index (χ0n) is 8.48. The van der Waals surface area contributed by atoms with Gasteiger partial charge in [-0.1, -0.05) is 24.3 Å². The Morgan fingerprint density at radius 3 is 2.60 bits per heavy atom. The minimum atomic E-state index is -0.786. The molecule has 0 aliphatic rings. The van der Waals surface area contributed by atoms with Gasteiger partial charge in [-0.15, -0.1) is 0 Å². The van der Waals surface area contributed by atoms with Gasteiger partial charge in [-0.2, -0.15) is 11.8 Å². The SMILES string of the molecule is NCCSCc1ccccc1CC(=O)O. The summed E-state index contributed by atoms with van der Waals surface area (Å²) in [5, 5.41) is 8.74. The first-order valence-corrected chi connectivity index (χ1v) is 5.96. The van der Waals surface area contributed by atoms with Gasteiger partial charge in [0.15, 0.2) is 0 Å². The summed E-state index contributed by atoms with van der Waals surface area (Å²) in [6.45, 7) is 0.658. The van der Waals surface area contributed by atoms with E-state index in [0.717, 1.165) is 22.6 Å². The number of thioether (sulfide) groups is 1. The predicted octanol–water partition coefficient (Wildman–Crippen LogP) is 1.51. The molecular weight excluding hydrogens is 210 g/mol. The van der Waals surface area contributed by atoms with Crippen LogP contribution in [0.25, 0.3) is 0 Å². The molecule has 82 valence electrons. The van der Waals surface area contributed by atoms with Crippen LogP contribution in [0.15, 0.2) is 24.3 Å². The van der Waals surface area contributed by atoms with Gasteiger partial charge in [0.1, 0.15) is 0 Å². The van der Waals surface area contributed by atoms with Crippen LogP contribution < -0.4 is 5.73 Å². The fourth-order valence-corrected chi connectivity index (χ4v) is 2.11. The first-order chi connectivity index (χ1) is 7.24. The van der Waals surface area contributed by atoms with Crippen molar-refractivity contribution in [3.63, 3.8) is 0 Å². The van der Waals surface area contributed by atoms with E-state index in [1.165, 1.54) is 0 Å². The summed E-state index contributed by atoms with van der Waals surface area (Å²) in [5.74, 6) is 0.952. The average molecular weight is 225 g/mol. The molecule has 0 unspecified atom stereocenters. The second-order valence-corrected chi connectivity index (χ2v) is 4.29. The fourth-order valence-electron chi connectivity index (χ4n) is 1.30. The third-order valence-corrected chi connectivity index (χ3v) is 3.02. The number of hydrogen-bond donors (Lipinski definition) is 2. The van der Waals surface area contributed by atoms with Crippen molar-refractivity contribution >= 4 is 17.7 Å². The van der Waals surface area contributed by atoms with Gasteiger partial charge in [0.25, 0.3) is 0 Å². The highest BCUT2D eigenvalue weighted by atomic mass is 32.2. The van der Waals surface area contributed by atoms with Crippen LogP contribution in [-0.4, -0.2) is 23.4 Å². The van der Waals surface area contributed by atoms with Gasteiger partial charge < -0.3 is 10.8 Å². The zero-order chi connectivity index (χ0) is 11.1. The maximum Gasteiger partial charge on any atom is 0.307 e. The second-order valence-electron chi connectivity index (χ2n) is 3.18. The van der Waals surface area contributed by atoms with Gasteiger partial charge in [0.05, 0.1) is 6.42 Å². The summed E-state index contributed by atoms with van der Waals surface area (Å²) in [6, 6.07) is 7.65. The van der Waals surface area contributed by atoms with Crippen molar-refractivity contribution < 1.29 is 9.90 Å². The van der Waals surface area contributed by atoms with E-state index in [4.69, 9.17) is 10.8 Å². The van der Waals surface area contributed by atoms with E-state index >= 15 is 0 Å². The Kier molecular flexibility index (Phi) is 5.21. The lowest BCUT2D eigenvalue weighted by molar-refractivity contribution is -0.136. The van der Waals surface area contributed by atoms with Gasteiger partial charge in [0.2, 0.25) is 0 Å². The number of nitrogens with two attached hydrogens (primary N) is 1. The van der Waals surface area contributed by atoms with E-state index in [0.29, 0.717) is 6.54 Å². The van der Waals surface area contributed by atoms with Gasteiger partial charge in [-0.3, -0.25) is 4.79 Å². The average Bonchev–Trinajstić information content (AvgIpc) is 2.20. The number of carbonyl (C=O) groups is 1. The summed E-state index contributed by atoms with van der Waals surface area (Å²) >= 11 is 1.73. The number of rotatable bonds is 6. The second kappa shape index (κ2) is 6.48. The van der Waals surface area contributed by atoms with Crippen molar-refractivity contribution in [3.8, 4) is 0 Å². The van der Waals surface area contributed by atoms with Crippen LogP contribution >= 0.6 is 11.8 Å². The van der Waals surface area contributed by atoms with Crippen LogP contribution in [0.5, 0.6) is 0 Å². The molecule has 1 aromatic rings. The molecule has 0 heterocycles. The van der Waals surface area contributed by atoms with E-state index < -0.39 is 5.97 Å². The van der Waals surface area contributed by atoms with Crippen molar-refractivity contribution in [2.75, 3.05) is 12.3 Å². The molecule has 0 bridgehead atoms. The molecule has 4 heteroatoms. The van der Waals surface area contributed by atoms with Crippen molar-refractivity contribution in [1.29, 1.82) is 0 Å². The predicted molar refractivity (Wildman–Crippen MR) is 63.0 cm³/mol. The lowest BCUT2D eigenvalue weighted by Crippen LogP contribution is -2.04. The van der Waals surface area contributed by atoms with E-state index in [9.17, 15) is 4.79 Å². The van der Waals surface area contributed by atoms with E-state index in [2.05, 4.69) is 0 Å². The van der Waals surface area contributed by atoms with Gasteiger partial charge >= 0.3 is 5.97 Å². The highest BCUT2D eigenvalue weighted by Crippen LogP contribution is 2.16. The monoisotopic (exact) mass is 225 g/mol. The molecule has 0 saturated heterocycles. The normalized spacial score (nSPS) is 10.2. The molecule has 0 atom stereocenters. The number of hydrogen-bond acceptors (Lipinski definition) is 3. The van der Waals surface area contributed by atoms with E-state index in [1.807, 2.05) is 24.3 Å². The van der Waals surface area contributed by atoms with Crippen molar-refractivity contribution in [2.24, 2.45) is 5.73 Å². The molecule has 0 saturated carbocycles. The van der Waals surface area contributed by atoms with Crippen LogP contribution in [0.1, 0.15) is 11.1 Å². The number of aliphatic carboxylic acids is 1. The maximum atomic E-state index is 10.6. The van der Waals surface area contributed by atoms with Crippen LogP contribution in [-0.2, 0) is 17.0 Å². The molecule has 0 aliphatic carbocycles. The number of carboxylic acid groups (broad SMARTS) is 1. The Morgan fingerprint density at radius 1 is 1.33 bits per heavy atom. The zero-order valence-corrected chi connectivity index (χ0v) is 9.30. The Morgan fingerprint density at radius 2 is 2.00 bits per heavy atom. The third kappa shape index (κ3) is 4.36. The van der Waals surface area contributed by atoms with E-state index in [1.54, 1.807) is 11.8 Å². The van der Waals surface area contributed by atoms with Gasteiger partial charge in [-0.25, -0.2) is 0 Å². The molecule has 15 heavy (non-hydrogen) atoms. The Balaban J connectivity index is 2.64. The van der Waals surface area contributed by atoms with E-state index in [-0.39, 0.29) is 6.42 Å². The molecule has 3 nitrogen and oxygen atoms in total. The summed E-state index contributed by atoms with van der Waals surface area (Å²) in [6.07, 6.45) is 0.0966. The Labute approximate surface area is 93.7 Å². The molecule has 0 radical (unpaired) electrons. The van der Waals surface area contributed by atoms with Gasteiger partial charge in [-0.05, 0) is 11.1 Å². The first kappa shape index (κ1) is 12.1. The number of benzene rings is 1. The van der Waals surface area contributed by atoms with Crippen LogP contribution in [0.4, 0.5) is 0 Å². The summed E-state index contributed by atoms with van der Waals surface area (Å²) < 4.78 is 0. The van der Waals surface area contributed by atoms with Gasteiger partial charge in [0, 0.05) is 18.1 Å². The minimum Gasteiger partial charge on any atom is -0.481 e. The largest absolute Gasteiger partial charge is 0.481 e. The van der Waals surface area contributed by atoms with Crippen LogP contribution in [0.3, 0.4) is 0 Å². The summed E-state index contributed by atoms with van der Waals surface area (Å²) in [7, 11) is 0. The fraction of sp³-hybridized carbons (Fsp3) is 0.364.